The monoisotopic (exact) mass is 269 g/mol. The molecule has 2 aromatic rings. The van der Waals surface area contributed by atoms with Crippen LogP contribution in [-0.4, -0.2) is 18.1 Å². The van der Waals surface area contributed by atoms with Gasteiger partial charge >= 0.3 is 0 Å². The fourth-order valence-corrected chi connectivity index (χ4v) is 2.56. The van der Waals surface area contributed by atoms with Gasteiger partial charge < -0.3 is 15.4 Å². The number of anilines is 1. The number of hydrogen-bond donors (Lipinski definition) is 1. The fraction of sp³-hybridized carbons (Fsp3) is 0.312. The summed E-state index contributed by atoms with van der Waals surface area (Å²) in [6, 6.07) is 10.3. The molecule has 1 aliphatic heterocycles. The molecule has 0 bridgehead atoms. The second-order valence-electron chi connectivity index (χ2n) is 5.04. The molecule has 4 heteroatoms. The summed E-state index contributed by atoms with van der Waals surface area (Å²) in [6.45, 7) is 4.88. The lowest BCUT2D eigenvalue weighted by Crippen LogP contribution is -2.27. The molecule has 2 heterocycles. The van der Waals surface area contributed by atoms with Crippen LogP contribution in [0.4, 0.5) is 5.69 Å². The molecule has 0 aliphatic carbocycles. The normalized spacial score (nSPS) is 14.4. The summed E-state index contributed by atoms with van der Waals surface area (Å²) in [5, 5.41) is 0. The minimum atomic E-state index is 0.502. The predicted octanol–water partition coefficient (Wildman–Crippen LogP) is 2.25. The Hall–Kier alpha value is -2.07. The van der Waals surface area contributed by atoms with E-state index in [1.54, 1.807) is 0 Å². The molecule has 0 amide bonds. The van der Waals surface area contributed by atoms with Gasteiger partial charge in [-0.05, 0) is 19.1 Å². The number of rotatable bonds is 2. The van der Waals surface area contributed by atoms with Crippen LogP contribution in [0.1, 0.15) is 16.8 Å². The average molecular weight is 269 g/mol. The summed E-state index contributed by atoms with van der Waals surface area (Å²) in [5.41, 5.74) is 10.3. The van der Waals surface area contributed by atoms with Crippen molar-refractivity contribution in [2.75, 3.05) is 18.1 Å². The van der Waals surface area contributed by atoms with E-state index < -0.39 is 0 Å². The zero-order valence-electron chi connectivity index (χ0n) is 11.7. The van der Waals surface area contributed by atoms with Crippen molar-refractivity contribution in [3.05, 3.63) is 53.3 Å². The first-order chi connectivity index (χ1) is 9.78. The highest BCUT2D eigenvalue weighted by molar-refractivity contribution is 5.55. The zero-order chi connectivity index (χ0) is 13.9. The molecular formula is C16H19N3O. The van der Waals surface area contributed by atoms with Gasteiger partial charge in [0.05, 0.1) is 6.54 Å². The summed E-state index contributed by atoms with van der Waals surface area (Å²) >= 11 is 0. The SMILES string of the molecule is Cc1cc(N2CCOc3ccccc3C2)c(CN)cn1. The van der Waals surface area contributed by atoms with E-state index in [2.05, 4.69) is 22.0 Å². The summed E-state index contributed by atoms with van der Waals surface area (Å²) in [7, 11) is 0. The van der Waals surface area contributed by atoms with Crippen LogP contribution in [0, 0.1) is 6.92 Å². The number of nitrogens with zero attached hydrogens (tertiary/aromatic N) is 2. The summed E-state index contributed by atoms with van der Waals surface area (Å²) in [6.07, 6.45) is 1.88. The molecule has 0 saturated heterocycles. The Morgan fingerprint density at radius 3 is 3.05 bits per heavy atom. The molecule has 1 aromatic carbocycles. The highest BCUT2D eigenvalue weighted by Crippen LogP contribution is 2.28. The van der Waals surface area contributed by atoms with Crippen LogP contribution in [0.5, 0.6) is 5.75 Å². The van der Waals surface area contributed by atoms with E-state index in [1.807, 2.05) is 31.3 Å². The molecule has 1 aliphatic rings. The predicted molar refractivity (Wildman–Crippen MR) is 79.9 cm³/mol. The van der Waals surface area contributed by atoms with E-state index in [0.29, 0.717) is 13.2 Å². The first kappa shape index (κ1) is 12.9. The van der Waals surface area contributed by atoms with Crippen molar-refractivity contribution >= 4 is 5.69 Å². The minimum Gasteiger partial charge on any atom is -0.491 e. The van der Waals surface area contributed by atoms with Crippen molar-refractivity contribution in [2.45, 2.75) is 20.0 Å². The number of pyridine rings is 1. The lowest BCUT2D eigenvalue weighted by Gasteiger charge is -2.24. The average Bonchev–Trinajstić information content (AvgIpc) is 2.69. The van der Waals surface area contributed by atoms with E-state index >= 15 is 0 Å². The fourth-order valence-electron chi connectivity index (χ4n) is 2.56. The van der Waals surface area contributed by atoms with Crippen LogP contribution in [0.15, 0.2) is 36.5 Å². The van der Waals surface area contributed by atoms with E-state index in [1.165, 1.54) is 11.3 Å². The van der Waals surface area contributed by atoms with Gasteiger partial charge in [-0.25, -0.2) is 0 Å². The maximum Gasteiger partial charge on any atom is 0.124 e. The highest BCUT2D eigenvalue weighted by Gasteiger charge is 2.17. The number of aryl methyl sites for hydroxylation is 1. The molecule has 0 fully saturated rings. The first-order valence-electron chi connectivity index (χ1n) is 6.89. The smallest absolute Gasteiger partial charge is 0.124 e. The summed E-state index contributed by atoms with van der Waals surface area (Å²) in [4.78, 5) is 6.66. The number of aromatic nitrogens is 1. The molecule has 104 valence electrons. The van der Waals surface area contributed by atoms with Gasteiger partial charge in [0.1, 0.15) is 12.4 Å². The topological polar surface area (TPSA) is 51.4 Å². The Morgan fingerprint density at radius 2 is 2.20 bits per heavy atom. The third kappa shape index (κ3) is 2.47. The van der Waals surface area contributed by atoms with E-state index in [9.17, 15) is 0 Å². The van der Waals surface area contributed by atoms with Gasteiger partial charge in [-0.1, -0.05) is 18.2 Å². The third-order valence-electron chi connectivity index (χ3n) is 3.61. The van der Waals surface area contributed by atoms with Crippen LogP contribution in [-0.2, 0) is 13.1 Å². The Balaban J connectivity index is 1.97. The van der Waals surface area contributed by atoms with Gasteiger partial charge in [-0.2, -0.15) is 0 Å². The number of para-hydroxylation sites is 1. The van der Waals surface area contributed by atoms with Crippen molar-refractivity contribution in [3.63, 3.8) is 0 Å². The Bertz CT molecular complexity index is 612. The number of nitrogens with two attached hydrogens (primary N) is 1. The number of ether oxygens (including phenoxy) is 1. The lowest BCUT2D eigenvalue weighted by atomic mass is 10.1. The van der Waals surface area contributed by atoms with E-state index in [-0.39, 0.29) is 0 Å². The van der Waals surface area contributed by atoms with Crippen molar-refractivity contribution < 1.29 is 4.74 Å². The lowest BCUT2D eigenvalue weighted by molar-refractivity contribution is 0.331. The molecule has 3 rings (SSSR count). The molecule has 4 nitrogen and oxygen atoms in total. The minimum absolute atomic E-state index is 0.502. The van der Waals surface area contributed by atoms with Crippen molar-refractivity contribution in [1.82, 2.24) is 4.98 Å². The van der Waals surface area contributed by atoms with Gasteiger partial charge in [-0.3, -0.25) is 4.98 Å². The second-order valence-corrected chi connectivity index (χ2v) is 5.04. The van der Waals surface area contributed by atoms with Crippen molar-refractivity contribution in [2.24, 2.45) is 5.73 Å². The quantitative estimate of drug-likeness (QED) is 0.908. The molecular weight excluding hydrogens is 250 g/mol. The van der Waals surface area contributed by atoms with Crippen molar-refractivity contribution in [3.8, 4) is 5.75 Å². The summed E-state index contributed by atoms with van der Waals surface area (Å²) in [5.74, 6) is 0.982. The Kier molecular flexibility index (Phi) is 3.56. The molecule has 0 saturated carbocycles. The Labute approximate surface area is 119 Å². The summed E-state index contributed by atoms with van der Waals surface area (Å²) < 4.78 is 5.82. The van der Waals surface area contributed by atoms with Crippen LogP contribution in [0.2, 0.25) is 0 Å². The molecule has 20 heavy (non-hydrogen) atoms. The number of fused-ring (bicyclic) bond motifs is 1. The van der Waals surface area contributed by atoms with E-state index in [4.69, 9.17) is 10.5 Å². The first-order valence-corrected chi connectivity index (χ1v) is 6.89. The van der Waals surface area contributed by atoms with Gasteiger partial charge in [0.2, 0.25) is 0 Å². The molecule has 0 spiro atoms. The maximum atomic E-state index is 5.84. The highest BCUT2D eigenvalue weighted by atomic mass is 16.5. The molecule has 0 unspecified atom stereocenters. The van der Waals surface area contributed by atoms with Crippen molar-refractivity contribution in [1.29, 1.82) is 0 Å². The van der Waals surface area contributed by atoms with Gasteiger partial charge in [-0.15, -0.1) is 0 Å². The van der Waals surface area contributed by atoms with Gasteiger partial charge in [0.15, 0.2) is 0 Å². The molecule has 2 N–H and O–H groups in total. The number of hydrogen-bond acceptors (Lipinski definition) is 4. The van der Waals surface area contributed by atoms with Crippen LogP contribution in [0.25, 0.3) is 0 Å². The standard InChI is InChI=1S/C16H19N3O/c1-12-8-15(14(9-17)10-18-12)19-6-7-20-16-5-3-2-4-13(16)11-19/h2-5,8,10H,6-7,9,11,17H2,1H3. The molecule has 0 radical (unpaired) electrons. The van der Waals surface area contributed by atoms with Gasteiger partial charge in [0.25, 0.3) is 0 Å². The zero-order valence-corrected chi connectivity index (χ0v) is 11.7. The number of benzene rings is 1. The van der Waals surface area contributed by atoms with Crippen LogP contribution in [0.3, 0.4) is 0 Å². The molecule has 0 atom stereocenters. The molecule has 1 aromatic heterocycles. The Morgan fingerprint density at radius 1 is 1.35 bits per heavy atom. The second kappa shape index (κ2) is 5.51. The third-order valence-corrected chi connectivity index (χ3v) is 3.61. The van der Waals surface area contributed by atoms with Gasteiger partial charge in [0, 0.05) is 41.8 Å². The maximum absolute atomic E-state index is 5.84. The largest absolute Gasteiger partial charge is 0.491 e. The van der Waals surface area contributed by atoms with E-state index in [0.717, 1.165) is 30.1 Å². The van der Waals surface area contributed by atoms with Crippen LogP contribution < -0.4 is 15.4 Å². The van der Waals surface area contributed by atoms with Crippen LogP contribution >= 0.6 is 0 Å².